The van der Waals surface area contributed by atoms with Crippen molar-refractivity contribution in [1.29, 1.82) is 0 Å². The Kier molecular flexibility index (Phi) is 5.11. The topological polar surface area (TPSA) is 73.2 Å². The molecule has 0 bridgehead atoms. The monoisotopic (exact) mass is 345 g/mol. The zero-order chi connectivity index (χ0) is 17.8. The molecular weight excluding hydrogens is 325 g/mol. The number of carbonyl (C=O) groups excluding carboxylic acids is 1. The zero-order valence-corrected chi connectivity index (χ0v) is 13.9. The summed E-state index contributed by atoms with van der Waals surface area (Å²) in [5.74, 6) is -0.416. The van der Waals surface area contributed by atoms with Gasteiger partial charge in [0, 0.05) is 18.5 Å². The molecule has 6 nitrogen and oxygen atoms in total. The van der Waals surface area contributed by atoms with Crippen LogP contribution >= 0.6 is 0 Å². The molecule has 1 N–H and O–H groups in total. The summed E-state index contributed by atoms with van der Waals surface area (Å²) < 4.78 is 20.2. The lowest BCUT2D eigenvalue weighted by molar-refractivity contribution is -0.127. The molecule has 1 amide bonds. The van der Waals surface area contributed by atoms with Gasteiger partial charge in [-0.2, -0.15) is 5.10 Å². The third kappa shape index (κ3) is 4.43. The molecule has 1 aromatic heterocycles. The van der Waals surface area contributed by atoms with E-state index < -0.39 is 11.9 Å². The molecule has 0 aliphatic heterocycles. The summed E-state index contributed by atoms with van der Waals surface area (Å²) in [6.07, 6.45) is 1.36. The second-order valence-corrected chi connectivity index (χ2v) is 6.08. The number of ether oxygens (including phenoxy) is 1. The van der Waals surface area contributed by atoms with Gasteiger partial charge >= 0.3 is 0 Å². The van der Waals surface area contributed by atoms with Crippen molar-refractivity contribution in [3.8, 4) is 5.75 Å². The number of halogens is 1. The summed E-state index contributed by atoms with van der Waals surface area (Å²) in [6.45, 7) is 2.06. The summed E-state index contributed by atoms with van der Waals surface area (Å²) in [5, 5.41) is 7.00. The second kappa shape index (κ2) is 7.46. The molecule has 1 aliphatic rings. The molecule has 0 saturated heterocycles. The van der Waals surface area contributed by atoms with Crippen LogP contribution in [0.25, 0.3) is 0 Å². The lowest BCUT2D eigenvalue weighted by atomic mass is 10.3. The van der Waals surface area contributed by atoms with Crippen LogP contribution in [-0.4, -0.2) is 28.3 Å². The Morgan fingerprint density at radius 3 is 2.84 bits per heavy atom. The minimum absolute atomic E-state index is 0.0279. The Bertz CT molecular complexity index is 817. The van der Waals surface area contributed by atoms with Crippen LogP contribution < -0.4 is 15.6 Å². The molecule has 2 aromatic rings. The predicted octanol–water partition coefficient (Wildman–Crippen LogP) is 1.84. The van der Waals surface area contributed by atoms with E-state index in [-0.39, 0.29) is 30.3 Å². The first-order valence-electron chi connectivity index (χ1n) is 8.31. The van der Waals surface area contributed by atoms with Crippen LogP contribution in [0.15, 0.2) is 41.2 Å². The van der Waals surface area contributed by atoms with E-state index in [1.807, 2.05) is 0 Å². The number of aromatic nitrogens is 2. The Morgan fingerprint density at radius 2 is 2.12 bits per heavy atom. The lowest BCUT2D eigenvalue weighted by Crippen LogP contribution is -2.39. The molecule has 132 valence electrons. The first kappa shape index (κ1) is 17.1. The molecule has 1 saturated carbocycles. The normalized spacial score (nSPS) is 14.8. The highest BCUT2D eigenvalue weighted by Crippen LogP contribution is 2.38. The first-order valence-corrected chi connectivity index (χ1v) is 8.31. The van der Waals surface area contributed by atoms with Gasteiger partial charge in [0.2, 0.25) is 0 Å². The van der Waals surface area contributed by atoms with E-state index in [0.717, 1.165) is 18.5 Å². The van der Waals surface area contributed by atoms with Crippen molar-refractivity contribution >= 4 is 5.91 Å². The molecule has 25 heavy (non-hydrogen) atoms. The van der Waals surface area contributed by atoms with E-state index in [1.54, 1.807) is 25.1 Å². The molecule has 1 unspecified atom stereocenters. The van der Waals surface area contributed by atoms with E-state index in [2.05, 4.69) is 10.4 Å². The van der Waals surface area contributed by atoms with Gasteiger partial charge in [0.15, 0.2) is 17.7 Å². The number of hydrogen-bond acceptors (Lipinski definition) is 4. The van der Waals surface area contributed by atoms with Crippen LogP contribution in [0, 0.1) is 5.82 Å². The van der Waals surface area contributed by atoms with Crippen LogP contribution in [0.2, 0.25) is 0 Å². The van der Waals surface area contributed by atoms with Gasteiger partial charge < -0.3 is 10.1 Å². The van der Waals surface area contributed by atoms with Gasteiger partial charge in [0.1, 0.15) is 0 Å². The van der Waals surface area contributed by atoms with Crippen molar-refractivity contribution in [3.05, 3.63) is 58.3 Å². The second-order valence-electron chi connectivity index (χ2n) is 6.08. The fourth-order valence-electron chi connectivity index (χ4n) is 2.43. The number of para-hydroxylation sites is 1. The van der Waals surface area contributed by atoms with E-state index >= 15 is 0 Å². The molecule has 1 aliphatic carbocycles. The van der Waals surface area contributed by atoms with Crippen molar-refractivity contribution in [3.63, 3.8) is 0 Å². The summed E-state index contributed by atoms with van der Waals surface area (Å²) in [6, 6.07) is 9.18. The summed E-state index contributed by atoms with van der Waals surface area (Å²) in [4.78, 5) is 23.9. The van der Waals surface area contributed by atoms with Crippen molar-refractivity contribution in [2.45, 2.75) is 38.3 Å². The average Bonchev–Trinajstić information content (AvgIpc) is 3.43. The summed E-state index contributed by atoms with van der Waals surface area (Å²) in [5.41, 5.74) is 0.719. The van der Waals surface area contributed by atoms with Crippen molar-refractivity contribution < 1.29 is 13.9 Å². The van der Waals surface area contributed by atoms with Gasteiger partial charge in [-0.25, -0.2) is 9.07 Å². The molecule has 1 fully saturated rings. The van der Waals surface area contributed by atoms with Crippen LogP contribution in [0.1, 0.15) is 31.4 Å². The van der Waals surface area contributed by atoms with E-state index in [0.29, 0.717) is 5.92 Å². The minimum atomic E-state index is -0.848. The van der Waals surface area contributed by atoms with Crippen molar-refractivity contribution in [2.75, 3.05) is 6.54 Å². The van der Waals surface area contributed by atoms with Crippen LogP contribution in [-0.2, 0) is 11.3 Å². The SMILES string of the molecule is CC(Oc1ccccc1F)C(=O)NCCn1nc(C2CC2)ccc1=O. The number of rotatable bonds is 7. The molecule has 0 radical (unpaired) electrons. The zero-order valence-electron chi connectivity index (χ0n) is 13.9. The van der Waals surface area contributed by atoms with Crippen molar-refractivity contribution in [1.82, 2.24) is 15.1 Å². The Balaban J connectivity index is 1.51. The maximum atomic E-state index is 13.5. The molecule has 1 heterocycles. The number of nitrogens with zero attached hydrogens (tertiary/aromatic N) is 2. The Labute approximate surface area is 144 Å². The highest BCUT2D eigenvalue weighted by molar-refractivity contribution is 5.80. The molecule has 3 rings (SSSR count). The molecular formula is C18H20FN3O3. The fourth-order valence-corrected chi connectivity index (χ4v) is 2.43. The highest BCUT2D eigenvalue weighted by Gasteiger charge is 2.25. The van der Waals surface area contributed by atoms with Gasteiger partial charge in [-0.3, -0.25) is 9.59 Å². The highest BCUT2D eigenvalue weighted by atomic mass is 19.1. The standard InChI is InChI=1S/C18H20FN3O3/c1-12(25-16-5-3-2-4-14(16)19)18(24)20-10-11-22-17(23)9-8-15(21-22)13-6-7-13/h2-5,8-9,12-13H,6-7,10-11H2,1H3,(H,20,24). The van der Waals surface area contributed by atoms with E-state index in [4.69, 9.17) is 4.74 Å². The molecule has 1 atom stereocenters. The predicted molar refractivity (Wildman–Crippen MR) is 90.0 cm³/mol. The number of hydrogen-bond donors (Lipinski definition) is 1. The quantitative estimate of drug-likeness (QED) is 0.831. The molecule has 1 aromatic carbocycles. The van der Waals surface area contributed by atoms with Crippen LogP contribution in [0.3, 0.4) is 0 Å². The number of carbonyl (C=O) groups is 1. The third-order valence-electron chi connectivity index (χ3n) is 4.02. The third-order valence-corrected chi connectivity index (χ3v) is 4.02. The van der Waals surface area contributed by atoms with Crippen LogP contribution in [0.4, 0.5) is 4.39 Å². The number of benzene rings is 1. The van der Waals surface area contributed by atoms with Gasteiger partial charge in [-0.05, 0) is 38.0 Å². The van der Waals surface area contributed by atoms with Gasteiger partial charge in [-0.15, -0.1) is 0 Å². The fraction of sp³-hybridized carbons (Fsp3) is 0.389. The maximum absolute atomic E-state index is 13.5. The minimum Gasteiger partial charge on any atom is -0.478 e. The van der Waals surface area contributed by atoms with Gasteiger partial charge in [0.05, 0.1) is 12.2 Å². The van der Waals surface area contributed by atoms with Gasteiger partial charge in [-0.1, -0.05) is 12.1 Å². The Hall–Kier alpha value is -2.70. The summed E-state index contributed by atoms with van der Waals surface area (Å²) >= 11 is 0. The molecule has 0 spiro atoms. The number of nitrogens with one attached hydrogen (secondary N) is 1. The van der Waals surface area contributed by atoms with E-state index in [9.17, 15) is 14.0 Å². The first-order chi connectivity index (χ1) is 12.0. The summed E-state index contributed by atoms with van der Waals surface area (Å²) in [7, 11) is 0. The maximum Gasteiger partial charge on any atom is 0.266 e. The largest absolute Gasteiger partial charge is 0.478 e. The van der Waals surface area contributed by atoms with Crippen LogP contribution in [0.5, 0.6) is 5.75 Å². The van der Waals surface area contributed by atoms with Gasteiger partial charge in [0.25, 0.3) is 11.5 Å². The Morgan fingerprint density at radius 1 is 1.36 bits per heavy atom. The average molecular weight is 345 g/mol. The van der Waals surface area contributed by atoms with E-state index in [1.165, 1.54) is 22.9 Å². The lowest BCUT2D eigenvalue weighted by Gasteiger charge is -2.15. The smallest absolute Gasteiger partial charge is 0.266 e. The van der Waals surface area contributed by atoms with Crippen molar-refractivity contribution in [2.24, 2.45) is 0 Å². The molecule has 7 heteroatoms. The number of amides is 1.